The van der Waals surface area contributed by atoms with E-state index in [2.05, 4.69) is 88.8 Å². The van der Waals surface area contributed by atoms with Gasteiger partial charge in [-0.2, -0.15) is 0 Å². The van der Waals surface area contributed by atoms with E-state index in [1.807, 2.05) is 0 Å². The molecule has 0 aliphatic heterocycles. The molecule has 1 N–H and O–H groups in total. The van der Waals surface area contributed by atoms with Gasteiger partial charge in [0.15, 0.2) is 0 Å². The second-order valence-electron chi connectivity index (χ2n) is 10.5. The van der Waals surface area contributed by atoms with Crippen LogP contribution in [0.25, 0.3) is 0 Å². The Bertz CT molecular complexity index is 969. The summed E-state index contributed by atoms with van der Waals surface area (Å²) in [6, 6.07) is 13.5. The summed E-state index contributed by atoms with van der Waals surface area (Å²) in [6.07, 6.45) is 12.8. The van der Waals surface area contributed by atoms with Crippen LogP contribution in [0.2, 0.25) is 0 Å². The summed E-state index contributed by atoms with van der Waals surface area (Å²) in [5.41, 5.74) is 9.52. The number of aryl methyl sites for hydroxylation is 1. The van der Waals surface area contributed by atoms with Gasteiger partial charge in [0.05, 0.1) is 0 Å². The quantitative estimate of drug-likeness (QED) is 0.256. The van der Waals surface area contributed by atoms with Gasteiger partial charge in [-0.1, -0.05) is 50.5 Å². The molecule has 1 nitrogen and oxygen atoms in total. The molecule has 3 rings (SSSR count). The van der Waals surface area contributed by atoms with E-state index in [-0.39, 0.29) is 0 Å². The Labute approximate surface area is 203 Å². The summed E-state index contributed by atoms with van der Waals surface area (Å²) in [7, 11) is 0. The van der Waals surface area contributed by atoms with Crippen LogP contribution in [-0.2, 0) is 0 Å². The summed E-state index contributed by atoms with van der Waals surface area (Å²) >= 11 is 0. The number of hydrogen-bond acceptors (Lipinski definition) is 1. The van der Waals surface area contributed by atoms with Crippen molar-refractivity contribution >= 4 is 5.69 Å². The van der Waals surface area contributed by atoms with Crippen LogP contribution in [-0.4, -0.2) is 6.54 Å². The van der Waals surface area contributed by atoms with Gasteiger partial charge in [0.25, 0.3) is 0 Å². The van der Waals surface area contributed by atoms with Crippen molar-refractivity contribution in [1.82, 2.24) is 0 Å². The number of nitrogens with one attached hydrogen (secondary N) is 1. The molecule has 0 amide bonds. The van der Waals surface area contributed by atoms with E-state index < -0.39 is 0 Å². The maximum absolute atomic E-state index is 5.52. The topological polar surface area (TPSA) is 12.0 Å². The lowest BCUT2D eigenvalue weighted by Crippen LogP contribution is -2.13. The smallest absolute Gasteiger partial charge is 0.0372 e. The number of allylic oxidation sites excluding steroid dienone is 1. The first-order chi connectivity index (χ1) is 15.8. The van der Waals surface area contributed by atoms with Gasteiger partial charge in [-0.15, -0.1) is 13.0 Å². The zero-order valence-corrected chi connectivity index (χ0v) is 21.5. The lowest BCUT2D eigenvalue weighted by molar-refractivity contribution is 0.465. The van der Waals surface area contributed by atoms with Crippen LogP contribution >= 0.6 is 0 Å². The molecule has 176 valence electrons. The normalized spacial score (nSPS) is 15.2. The molecule has 0 bridgehead atoms. The van der Waals surface area contributed by atoms with E-state index in [1.165, 1.54) is 41.6 Å². The molecule has 1 fully saturated rings. The van der Waals surface area contributed by atoms with Crippen LogP contribution in [0.15, 0.2) is 48.6 Å². The summed E-state index contributed by atoms with van der Waals surface area (Å²) in [5.74, 6) is 5.27. The number of anilines is 1. The van der Waals surface area contributed by atoms with Gasteiger partial charge in [-0.3, -0.25) is 0 Å². The standard InChI is InChI=1S/C32H43N/c1-8-25-11-13-27(14-12-25)26(9-2)18-19-33-32-21-31(29(23(5)6)17-10-22(3)4)30(20-24(32)7)28-15-16-28/h1,11-14,20-21,23,26,28-29,33H,3,9-10,15-19H2,2,4-7H3. The molecule has 2 atom stereocenters. The Kier molecular flexibility index (Phi) is 8.85. The highest BCUT2D eigenvalue weighted by Gasteiger charge is 2.30. The first-order valence-electron chi connectivity index (χ1n) is 12.9. The summed E-state index contributed by atoms with van der Waals surface area (Å²) < 4.78 is 0. The summed E-state index contributed by atoms with van der Waals surface area (Å²) in [4.78, 5) is 0. The summed E-state index contributed by atoms with van der Waals surface area (Å²) in [6.45, 7) is 16.6. The van der Waals surface area contributed by atoms with Gasteiger partial charge in [0.1, 0.15) is 0 Å². The maximum atomic E-state index is 5.52. The largest absolute Gasteiger partial charge is 0.385 e. The number of benzene rings is 2. The van der Waals surface area contributed by atoms with Crippen LogP contribution in [0.4, 0.5) is 5.69 Å². The van der Waals surface area contributed by atoms with Crippen LogP contribution in [0.1, 0.15) is 112 Å². The fourth-order valence-corrected chi connectivity index (χ4v) is 5.10. The highest BCUT2D eigenvalue weighted by Crippen LogP contribution is 2.47. The molecule has 1 heteroatoms. The highest BCUT2D eigenvalue weighted by atomic mass is 14.9. The monoisotopic (exact) mass is 441 g/mol. The lowest BCUT2D eigenvalue weighted by atomic mass is 9.80. The summed E-state index contributed by atoms with van der Waals surface area (Å²) in [5, 5.41) is 3.81. The number of hydrogen-bond donors (Lipinski definition) is 1. The molecule has 1 aliphatic carbocycles. The van der Waals surface area contributed by atoms with Crippen LogP contribution in [0, 0.1) is 25.2 Å². The van der Waals surface area contributed by atoms with Crippen molar-refractivity contribution in [2.45, 2.75) is 90.9 Å². The van der Waals surface area contributed by atoms with Gasteiger partial charge in [0, 0.05) is 17.8 Å². The molecular weight excluding hydrogens is 398 g/mol. The third kappa shape index (κ3) is 6.77. The molecule has 1 aliphatic rings. The van der Waals surface area contributed by atoms with Crippen molar-refractivity contribution in [3.8, 4) is 12.3 Å². The molecule has 0 radical (unpaired) electrons. The molecule has 0 spiro atoms. The van der Waals surface area contributed by atoms with Gasteiger partial charge < -0.3 is 5.32 Å². The predicted octanol–water partition coefficient (Wildman–Crippen LogP) is 8.95. The van der Waals surface area contributed by atoms with Crippen LogP contribution < -0.4 is 5.32 Å². The van der Waals surface area contributed by atoms with Crippen molar-refractivity contribution in [2.75, 3.05) is 11.9 Å². The first-order valence-corrected chi connectivity index (χ1v) is 12.9. The van der Waals surface area contributed by atoms with Gasteiger partial charge in [-0.05, 0) is 116 Å². The maximum Gasteiger partial charge on any atom is 0.0372 e. The van der Waals surface area contributed by atoms with E-state index in [4.69, 9.17) is 6.42 Å². The zero-order chi connectivity index (χ0) is 24.0. The van der Waals surface area contributed by atoms with Crippen molar-refractivity contribution in [2.24, 2.45) is 5.92 Å². The molecule has 2 aromatic carbocycles. The van der Waals surface area contributed by atoms with Crippen molar-refractivity contribution in [1.29, 1.82) is 0 Å². The Morgan fingerprint density at radius 3 is 2.39 bits per heavy atom. The van der Waals surface area contributed by atoms with Crippen molar-refractivity contribution < 1.29 is 0 Å². The average Bonchev–Trinajstić information content (AvgIpc) is 3.63. The zero-order valence-electron chi connectivity index (χ0n) is 21.5. The van der Waals surface area contributed by atoms with Gasteiger partial charge >= 0.3 is 0 Å². The fourth-order valence-electron chi connectivity index (χ4n) is 5.10. The van der Waals surface area contributed by atoms with Crippen molar-refractivity contribution in [3.05, 3.63) is 76.4 Å². The van der Waals surface area contributed by atoms with E-state index >= 15 is 0 Å². The lowest BCUT2D eigenvalue weighted by Gasteiger charge is -2.26. The minimum absolute atomic E-state index is 0.550. The Morgan fingerprint density at radius 2 is 1.85 bits per heavy atom. The van der Waals surface area contributed by atoms with Crippen LogP contribution in [0.3, 0.4) is 0 Å². The number of terminal acetylenes is 1. The van der Waals surface area contributed by atoms with E-state index in [1.54, 1.807) is 11.1 Å². The molecular formula is C32H43N. The van der Waals surface area contributed by atoms with Gasteiger partial charge in [0.2, 0.25) is 0 Å². The fraction of sp³-hybridized carbons (Fsp3) is 0.500. The first kappa shape index (κ1) is 25.2. The molecule has 0 saturated heterocycles. The predicted molar refractivity (Wildman–Crippen MR) is 145 cm³/mol. The Hall–Kier alpha value is -2.46. The second-order valence-corrected chi connectivity index (χ2v) is 10.5. The third-order valence-electron chi connectivity index (χ3n) is 7.38. The molecule has 0 heterocycles. The average molecular weight is 442 g/mol. The molecule has 0 aromatic heterocycles. The van der Waals surface area contributed by atoms with E-state index in [0.29, 0.717) is 17.8 Å². The Balaban J connectivity index is 1.76. The van der Waals surface area contributed by atoms with Crippen LogP contribution in [0.5, 0.6) is 0 Å². The van der Waals surface area contributed by atoms with Gasteiger partial charge in [-0.25, -0.2) is 0 Å². The molecule has 33 heavy (non-hydrogen) atoms. The number of rotatable bonds is 12. The Morgan fingerprint density at radius 1 is 1.15 bits per heavy atom. The van der Waals surface area contributed by atoms with E-state index in [9.17, 15) is 0 Å². The molecule has 1 saturated carbocycles. The van der Waals surface area contributed by atoms with E-state index in [0.717, 1.165) is 37.3 Å². The minimum Gasteiger partial charge on any atom is -0.385 e. The SMILES string of the molecule is C#Cc1ccc(C(CC)CCNc2cc(C(CCC(=C)C)C(C)C)c(C3CC3)cc2C)cc1. The highest BCUT2D eigenvalue weighted by molar-refractivity contribution is 5.57. The second kappa shape index (κ2) is 11.6. The minimum atomic E-state index is 0.550. The molecule has 2 unspecified atom stereocenters. The van der Waals surface area contributed by atoms with Crippen molar-refractivity contribution in [3.63, 3.8) is 0 Å². The molecule has 2 aromatic rings. The third-order valence-corrected chi connectivity index (χ3v) is 7.38.